The number of ether oxygens (including phenoxy) is 2. The second-order valence-electron chi connectivity index (χ2n) is 8.73. The summed E-state index contributed by atoms with van der Waals surface area (Å²) in [5, 5.41) is 0. The Labute approximate surface area is 206 Å². The minimum atomic E-state index is -0.223. The molecule has 1 saturated heterocycles. The molecule has 6 heteroatoms. The number of piperazine rings is 1. The first-order valence-electron chi connectivity index (χ1n) is 11.8. The van der Waals surface area contributed by atoms with Crippen LogP contribution >= 0.6 is 0 Å². The van der Waals surface area contributed by atoms with Crippen molar-refractivity contribution in [3.8, 4) is 11.5 Å². The molecule has 3 aromatic carbocycles. The van der Waals surface area contributed by atoms with E-state index in [1.54, 1.807) is 13.2 Å². The van der Waals surface area contributed by atoms with Crippen molar-refractivity contribution in [3.63, 3.8) is 0 Å². The van der Waals surface area contributed by atoms with Crippen LogP contribution in [-0.4, -0.2) is 49.0 Å². The first-order valence-corrected chi connectivity index (χ1v) is 11.8. The predicted molar refractivity (Wildman–Crippen MR) is 136 cm³/mol. The molecule has 0 spiro atoms. The van der Waals surface area contributed by atoms with Gasteiger partial charge in [-0.2, -0.15) is 0 Å². The molecule has 1 heterocycles. The smallest absolute Gasteiger partial charge is 0.246 e. The number of hydrogen-bond acceptors (Lipinski definition) is 4. The predicted octanol–water partition coefficient (Wildman–Crippen LogP) is 5.08. The van der Waals surface area contributed by atoms with Gasteiger partial charge in [0.05, 0.1) is 7.11 Å². The number of hydrogen-bond donors (Lipinski definition) is 0. The highest BCUT2D eigenvalue weighted by molar-refractivity contribution is 5.91. The molecule has 0 unspecified atom stereocenters. The lowest BCUT2D eigenvalue weighted by Gasteiger charge is -2.34. The lowest BCUT2D eigenvalue weighted by Crippen LogP contribution is -2.47. The average molecular weight is 475 g/mol. The van der Waals surface area contributed by atoms with Gasteiger partial charge < -0.3 is 14.4 Å². The van der Waals surface area contributed by atoms with Crippen LogP contribution in [0.4, 0.5) is 4.39 Å². The summed E-state index contributed by atoms with van der Waals surface area (Å²) in [6.07, 6.45) is 3.46. The molecule has 4 rings (SSSR count). The zero-order chi connectivity index (χ0) is 24.6. The monoisotopic (exact) mass is 474 g/mol. The Kier molecular flexibility index (Phi) is 8.16. The lowest BCUT2D eigenvalue weighted by atomic mass is 10.1. The van der Waals surface area contributed by atoms with Gasteiger partial charge in [-0.15, -0.1) is 0 Å². The van der Waals surface area contributed by atoms with Gasteiger partial charge in [-0.3, -0.25) is 9.69 Å². The highest BCUT2D eigenvalue weighted by atomic mass is 19.1. The third kappa shape index (κ3) is 6.93. The fourth-order valence-corrected chi connectivity index (χ4v) is 4.06. The first kappa shape index (κ1) is 24.5. The van der Waals surface area contributed by atoms with Gasteiger partial charge in [0, 0.05) is 44.4 Å². The molecule has 3 aromatic rings. The number of carbonyl (C=O) groups is 1. The quantitative estimate of drug-likeness (QED) is 0.427. The number of amides is 1. The highest BCUT2D eigenvalue weighted by Crippen LogP contribution is 2.23. The standard InChI is InChI=1S/C29H31FN2O3/c1-22-3-11-27(12-4-22)35-21-25-19-23(7-13-28(25)34-2)8-14-29(33)32-17-15-31(16-18-32)20-24-5-9-26(30)10-6-24/h3-14,19H,15-18,20-21H2,1-2H3/b14-8+. The van der Waals surface area contributed by atoms with E-state index in [0.717, 1.165) is 47.8 Å². The third-order valence-corrected chi connectivity index (χ3v) is 6.14. The van der Waals surface area contributed by atoms with Crippen molar-refractivity contribution in [1.29, 1.82) is 0 Å². The molecule has 1 aliphatic heterocycles. The topological polar surface area (TPSA) is 42.0 Å². The van der Waals surface area contributed by atoms with E-state index in [0.29, 0.717) is 19.7 Å². The summed E-state index contributed by atoms with van der Waals surface area (Å²) >= 11 is 0. The molecule has 1 amide bonds. The molecular weight excluding hydrogens is 443 g/mol. The van der Waals surface area contributed by atoms with Crippen molar-refractivity contribution in [1.82, 2.24) is 9.80 Å². The van der Waals surface area contributed by atoms with Crippen LogP contribution < -0.4 is 9.47 Å². The van der Waals surface area contributed by atoms with Crippen LogP contribution in [0.1, 0.15) is 22.3 Å². The van der Waals surface area contributed by atoms with Gasteiger partial charge >= 0.3 is 0 Å². The zero-order valence-corrected chi connectivity index (χ0v) is 20.2. The summed E-state index contributed by atoms with van der Waals surface area (Å²) in [6, 6.07) is 20.3. The van der Waals surface area contributed by atoms with E-state index in [9.17, 15) is 9.18 Å². The number of halogens is 1. The van der Waals surface area contributed by atoms with Crippen LogP contribution in [0.5, 0.6) is 11.5 Å². The van der Waals surface area contributed by atoms with Crippen LogP contribution in [0.2, 0.25) is 0 Å². The molecule has 0 saturated carbocycles. The molecule has 35 heavy (non-hydrogen) atoms. The van der Waals surface area contributed by atoms with Crippen LogP contribution in [0.15, 0.2) is 72.8 Å². The van der Waals surface area contributed by atoms with Crippen molar-refractivity contribution >= 4 is 12.0 Å². The maximum absolute atomic E-state index is 13.1. The Bertz CT molecular complexity index is 1150. The molecule has 5 nitrogen and oxygen atoms in total. The number of benzene rings is 3. The van der Waals surface area contributed by atoms with E-state index in [-0.39, 0.29) is 11.7 Å². The summed E-state index contributed by atoms with van der Waals surface area (Å²) in [5.74, 6) is 1.32. The fourth-order valence-electron chi connectivity index (χ4n) is 4.06. The summed E-state index contributed by atoms with van der Waals surface area (Å²) < 4.78 is 24.5. The number of nitrogens with zero attached hydrogens (tertiary/aromatic N) is 2. The molecule has 0 atom stereocenters. The van der Waals surface area contributed by atoms with E-state index < -0.39 is 0 Å². The van der Waals surface area contributed by atoms with Crippen LogP contribution in [0.3, 0.4) is 0 Å². The zero-order valence-electron chi connectivity index (χ0n) is 20.2. The largest absolute Gasteiger partial charge is 0.496 e. The molecular formula is C29H31FN2O3. The second kappa shape index (κ2) is 11.7. The third-order valence-electron chi connectivity index (χ3n) is 6.14. The molecule has 0 radical (unpaired) electrons. The summed E-state index contributed by atoms with van der Waals surface area (Å²) in [6.45, 7) is 6.10. The second-order valence-corrected chi connectivity index (χ2v) is 8.73. The average Bonchev–Trinajstić information content (AvgIpc) is 2.89. The summed E-state index contributed by atoms with van der Waals surface area (Å²) in [4.78, 5) is 16.9. The minimum absolute atomic E-state index is 0.000273. The van der Waals surface area contributed by atoms with E-state index >= 15 is 0 Å². The number of aryl methyl sites for hydroxylation is 1. The van der Waals surface area contributed by atoms with Crippen molar-refractivity contribution in [2.75, 3.05) is 33.3 Å². The Balaban J connectivity index is 1.31. The number of carbonyl (C=O) groups excluding carboxylic acids is 1. The molecule has 0 N–H and O–H groups in total. The van der Waals surface area contributed by atoms with Crippen LogP contribution in [0, 0.1) is 12.7 Å². The van der Waals surface area contributed by atoms with Crippen molar-refractivity contribution in [3.05, 3.63) is 101 Å². The van der Waals surface area contributed by atoms with Crippen molar-refractivity contribution in [2.24, 2.45) is 0 Å². The van der Waals surface area contributed by atoms with Crippen LogP contribution in [-0.2, 0) is 17.9 Å². The van der Waals surface area contributed by atoms with E-state index in [1.807, 2.05) is 72.5 Å². The van der Waals surface area contributed by atoms with E-state index in [4.69, 9.17) is 9.47 Å². The Morgan fingerprint density at radius 2 is 1.69 bits per heavy atom. The van der Waals surface area contributed by atoms with Gasteiger partial charge in [-0.05, 0) is 60.5 Å². The van der Waals surface area contributed by atoms with Gasteiger partial charge in [0.2, 0.25) is 5.91 Å². The van der Waals surface area contributed by atoms with E-state index in [2.05, 4.69) is 4.90 Å². The number of rotatable bonds is 8. The Morgan fingerprint density at radius 1 is 0.971 bits per heavy atom. The molecule has 0 aromatic heterocycles. The van der Waals surface area contributed by atoms with Crippen molar-refractivity contribution < 1.29 is 18.7 Å². The summed E-state index contributed by atoms with van der Waals surface area (Å²) in [7, 11) is 1.64. The van der Waals surface area contributed by atoms with Gasteiger partial charge in [-0.25, -0.2) is 4.39 Å². The van der Waals surface area contributed by atoms with Gasteiger partial charge in [0.25, 0.3) is 0 Å². The van der Waals surface area contributed by atoms with Gasteiger partial charge in [-0.1, -0.05) is 35.9 Å². The fraction of sp³-hybridized carbons (Fsp3) is 0.276. The maximum Gasteiger partial charge on any atom is 0.246 e. The Morgan fingerprint density at radius 3 is 2.37 bits per heavy atom. The SMILES string of the molecule is COc1ccc(/C=C/C(=O)N2CCN(Cc3ccc(F)cc3)CC2)cc1COc1ccc(C)cc1. The van der Waals surface area contributed by atoms with Crippen LogP contribution in [0.25, 0.3) is 6.08 Å². The summed E-state index contributed by atoms with van der Waals surface area (Å²) in [5.41, 5.74) is 4.09. The molecule has 1 aliphatic rings. The van der Waals surface area contributed by atoms with Gasteiger partial charge in [0.1, 0.15) is 23.9 Å². The normalized spacial score (nSPS) is 14.3. The lowest BCUT2D eigenvalue weighted by molar-refractivity contribution is -0.127. The molecule has 0 bridgehead atoms. The molecule has 182 valence electrons. The molecule has 0 aliphatic carbocycles. The van der Waals surface area contributed by atoms with Gasteiger partial charge in [0.15, 0.2) is 0 Å². The highest BCUT2D eigenvalue weighted by Gasteiger charge is 2.19. The molecule has 1 fully saturated rings. The minimum Gasteiger partial charge on any atom is -0.496 e. The first-order chi connectivity index (χ1) is 17.0. The maximum atomic E-state index is 13.1. The number of methoxy groups -OCH3 is 1. The van der Waals surface area contributed by atoms with E-state index in [1.165, 1.54) is 17.7 Å². The Hall–Kier alpha value is -3.64. The van der Waals surface area contributed by atoms with Crippen molar-refractivity contribution in [2.45, 2.75) is 20.1 Å².